The Bertz CT molecular complexity index is 1180. The SMILES string of the molecule is Cc1ccc(-c2cc(CC#Cc3ccc(C(=O)O)cc3)c3c(c2)C(C)(C)CCS3)cc1. The van der Waals surface area contributed by atoms with Gasteiger partial charge in [0.1, 0.15) is 0 Å². The lowest BCUT2D eigenvalue weighted by molar-refractivity contribution is 0.0697. The van der Waals surface area contributed by atoms with Gasteiger partial charge in [-0.3, -0.25) is 0 Å². The fourth-order valence-electron chi connectivity index (χ4n) is 3.89. The Hall–Kier alpha value is -2.96. The van der Waals surface area contributed by atoms with Crippen LogP contribution in [0, 0.1) is 18.8 Å². The molecule has 0 fully saturated rings. The molecule has 0 aliphatic carbocycles. The highest BCUT2D eigenvalue weighted by molar-refractivity contribution is 7.99. The van der Waals surface area contributed by atoms with E-state index < -0.39 is 5.97 Å². The lowest BCUT2D eigenvalue weighted by Gasteiger charge is -2.34. The van der Waals surface area contributed by atoms with Crippen LogP contribution >= 0.6 is 11.8 Å². The molecule has 3 heteroatoms. The number of carboxylic acids is 1. The van der Waals surface area contributed by atoms with Crippen molar-refractivity contribution in [3.05, 3.63) is 88.5 Å². The number of benzene rings is 3. The maximum atomic E-state index is 11.0. The standard InChI is InChI=1S/C28H26O2S/c1-19-7-11-21(12-8-19)24-17-23(26-25(18-24)28(2,3)15-16-31-26)6-4-5-20-9-13-22(14-10-20)27(29)30/h7-14,17-18H,6,15-16H2,1-3H3,(H,29,30). The molecular formula is C28H26O2S. The molecule has 2 nitrogen and oxygen atoms in total. The van der Waals surface area contributed by atoms with Gasteiger partial charge in [0.15, 0.2) is 0 Å². The number of aromatic carboxylic acids is 1. The van der Waals surface area contributed by atoms with Crippen LogP contribution in [0.15, 0.2) is 65.6 Å². The zero-order valence-electron chi connectivity index (χ0n) is 18.2. The van der Waals surface area contributed by atoms with Crippen LogP contribution in [0.3, 0.4) is 0 Å². The first-order chi connectivity index (χ1) is 14.8. The van der Waals surface area contributed by atoms with E-state index in [4.69, 9.17) is 5.11 Å². The third-order valence-corrected chi connectivity index (χ3v) is 7.08. The molecule has 3 aromatic rings. The van der Waals surface area contributed by atoms with E-state index in [9.17, 15) is 4.79 Å². The van der Waals surface area contributed by atoms with Crippen molar-refractivity contribution in [3.8, 4) is 23.0 Å². The number of fused-ring (bicyclic) bond motifs is 1. The fourth-order valence-corrected chi connectivity index (χ4v) is 5.51. The minimum absolute atomic E-state index is 0.149. The van der Waals surface area contributed by atoms with E-state index in [0.29, 0.717) is 6.42 Å². The van der Waals surface area contributed by atoms with Crippen molar-refractivity contribution in [1.82, 2.24) is 0 Å². The van der Waals surface area contributed by atoms with Crippen LogP contribution in [0.2, 0.25) is 0 Å². The minimum atomic E-state index is -0.918. The molecule has 1 N–H and O–H groups in total. The van der Waals surface area contributed by atoms with Gasteiger partial charge in [-0.05, 0) is 83.2 Å². The number of hydrogen-bond acceptors (Lipinski definition) is 2. The van der Waals surface area contributed by atoms with E-state index >= 15 is 0 Å². The first kappa shape index (κ1) is 21.3. The van der Waals surface area contributed by atoms with E-state index in [1.54, 1.807) is 24.3 Å². The summed E-state index contributed by atoms with van der Waals surface area (Å²) in [6, 6.07) is 20.1. The topological polar surface area (TPSA) is 37.3 Å². The van der Waals surface area contributed by atoms with Gasteiger partial charge in [-0.1, -0.05) is 55.5 Å². The van der Waals surface area contributed by atoms with Crippen LogP contribution in [0.4, 0.5) is 0 Å². The second kappa shape index (κ2) is 8.65. The number of hydrogen-bond donors (Lipinski definition) is 1. The van der Waals surface area contributed by atoms with Gasteiger partial charge in [0.2, 0.25) is 0 Å². The van der Waals surface area contributed by atoms with Gasteiger partial charge in [0, 0.05) is 16.9 Å². The van der Waals surface area contributed by atoms with Crippen molar-refractivity contribution in [2.45, 2.75) is 43.9 Å². The van der Waals surface area contributed by atoms with Crippen molar-refractivity contribution in [2.24, 2.45) is 0 Å². The van der Waals surface area contributed by atoms with E-state index in [-0.39, 0.29) is 11.0 Å². The lowest BCUT2D eigenvalue weighted by atomic mass is 9.79. The van der Waals surface area contributed by atoms with Gasteiger partial charge in [-0.2, -0.15) is 0 Å². The summed E-state index contributed by atoms with van der Waals surface area (Å²) in [5.74, 6) is 6.73. The molecule has 0 radical (unpaired) electrons. The average molecular weight is 427 g/mol. The van der Waals surface area contributed by atoms with Crippen LogP contribution in [-0.4, -0.2) is 16.8 Å². The first-order valence-corrected chi connectivity index (χ1v) is 11.5. The Kier molecular flexibility index (Phi) is 5.94. The zero-order valence-corrected chi connectivity index (χ0v) is 19.0. The molecular weight excluding hydrogens is 400 g/mol. The molecule has 0 saturated heterocycles. The molecule has 1 aliphatic rings. The third kappa shape index (κ3) is 4.70. The van der Waals surface area contributed by atoms with E-state index in [1.165, 1.54) is 39.1 Å². The molecule has 0 atom stereocenters. The van der Waals surface area contributed by atoms with E-state index in [2.05, 4.69) is 69.0 Å². The first-order valence-electron chi connectivity index (χ1n) is 10.5. The number of aryl methyl sites for hydroxylation is 1. The summed E-state index contributed by atoms with van der Waals surface area (Å²) in [6.07, 6.45) is 1.84. The Morgan fingerprint density at radius 3 is 2.42 bits per heavy atom. The molecule has 1 heterocycles. The van der Waals surface area contributed by atoms with Crippen LogP contribution < -0.4 is 0 Å². The highest BCUT2D eigenvalue weighted by Gasteiger charge is 2.30. The van der Waals surface area contributed by atoms with Crippen molar-refractivity contribution in [3.63, 3.8) is 0 Å². The quantitative estimate of drug-likeness (QED) is 0.472. The van der Waals surface area contributed by atoms with Gasteiger partial charge in [-0.25, -0.2) is 4.79 Å². The summed E-state index contributed by atoms with van der Waals surface area (Å²) >= 11 is 1.94. The lowest BCUT2D eigenvalue weighted by Crippen LogP contribution is -2.23. The van der Waals surface area contributed by atoms with Gasteiger partial charge in [-0.15, -0.1) is 11.8 Å². The highest BCUT2D eigenvalue weighted by Crippen LogP contribution is 2.45. The fraction of sp³-hybridized carbons (Fsp3) is 0.250. The number of carboxylic acid groups (broad SMARTS) is 1. The smallest absolute Gasteiger partial charge is 0.335 e. The van der Waals surface area contributed by atoms with Crippen LogP contribution in [0.5, 0.6) is 0 Å². The van der Waals surface area contributed by atoms with E-state index in [1.807, 2.05) is 11.8 Å². The molecule has 0 amide bonds. The van der Waals surface area contributed by atoms with Gasteiger partial charge < -0.3 is 5.11 Å². The average Bonchev–Trinajstić information content (AvgIpc) is 2.75. The summed E-state index contributed by atoms with van der Waals surface area (Å²) in [6.45, 7) is 6.79. The maximum absolute atomic E-state index is 11.0. The minimum Gasteiger partial charge on any atom is -0.478 e. The summed E-state index contributed by atoms with van der Waals surface area (Å²) in [7, 11) is 0. The Morgan fingerprint density at radius 1 is 1.03 bits per heavy atom. The molecule has 0 bridgehead atoms. The van der Waals surface area contributed by atoms with Crippen LogP contribution in [0.1, 0.15) is 52.9 Å². The largest absolute Gasteiger partial charge is 0.478 e. The van der Waals surface area contributed by atoms with E-state index in [0.717, 1.165) is 11.3 Å². The predicted octanol–water partition coefficient (Wildman–Crippen LogP) is 6.73. The number of rotatable bonds is 3. The molecule has 0 spiro atoms. The second-order valence-electron chi connectivity index (χ2n) is 8.72. The maximum Gasteiger partial charge on any atom is 0.335 e. The molecule has 31 heavy (non-hydrogen) atoms. The zero-order chi connectivity index (χ0) is 22.0. The van der Waals surface area contributed by atoms with Crippen LogP contribution in [-0.2, 0) is 11.8 Å². The van der Waals surface area contributed by atoms with Crippen molar-refractivity contribution < 1.29 is 9.90 Å². The Morgan fingerprint density at radius 2 is 1.74 bits per heavy atom. The second-order valence-corrected chi connectivity index (χ2v) is 9.83. The summed E-state index contributed by atoms with van der Waals surface area (Å²) in [5, 5.41) is 9.05. The number of thioether (sulfide) groups is 1. The normalized spacial score (nSPS) is 14.3. The highest BCUT2D eigenvalue weighted by atomic mass is 32.2. The summed E-state index contributed by atoms with van der Waals surface area (Å²) < 4.78 is 0. The van der Waals surface area contributed by atoms with Gasteiger partial charge >= 0.3 is 5.97 Å². The molecule has 3 aromatic carbocycles. The van der Waals surface area contributed by atoms with Crippen molar-refractivity contribution >= 4 is 17.7 Å². The Labute approximate surface area is 188 Å². The predicted molar refractivity (Wildman–Crippen MR) is 129 cm³/mol. The summed E-state index contributed by atoms with van der Waals surface area (Å²) in [5.41, 5.74) is 7.71. The Balaban J connectivity index is 1.70. The van der Waals surface area contributed by atoms with Crippen molar-refractivity contribution in [2.75, 3.05) is 5.75 Å². The number of carbonyl (C=O) groups is 1. The molecule has 4 rings (SSSR count). The van der Waals surface area contributed by atoms with Crippen LogP contribution in [0.25, 0.3) is 11.1 Å². The monoisotopic (exact) mass is 426 g/mol. The molecule has 0 unspecified atom stereocenters. The third-order valence-electron chi connectivity index (χ3n) is 5.90. The van der Waals surface area contributed by atoms with Gasteiger partial charge in [0.05, 0.1) is 5.56 Å². The van der Waals surface area contributed by atoms with Gasteiger partial charge in [0.25, 0.3) is 0 Å². The molecule has 156 valence electrons. The van der Waals surface area contributed by atoms with Crippen molar-refractivity contribution in [1.29, 1.82) is 0 Å². The molecule has 0 aromatic heterocycles. The molecule has 0 saturated carbocycles. The molecule has 1 aliphatic heterocycles. The summed E-state index contributed by atoms with van der Waals surface area (Å²) in [4.78, 5) is 12.4.